The lowest BCUT2D eigenvalue weighted by Gasteiger charge is -2.27. The van der Waals surface area contributed by atoms with Crippen LogP contribution in [0, 0.1) is 12.3 Å². The van der Waals surface area contributed by atoms with Gasteiger partial charge in [0.1, 0.15) is 17.9 Å². The van der Waals surface area contributed by atoms with Crippen LogP contribution in [0.1, 0.15) is 97.7 Å². The van der Waals surface area contributed by atoms with Crippen LogP contribution in [0.5, 0.6) is 0 Å². The molecule has 1 aromatic carbocycles. The van der Waals surface area contributed by atoms with Gasteiger partial charge in [0.2, 0.25) is 11.8 Å². The van der Waals surface area contributed by atoms with Crippen molar-refractivity contribution in [1.82, 2.24) is 25.0 Å². The van der Waals surface area contributed by atoms with Gasteiger partial charge in [0.05, 0.1) is 23.7 Å². The van der Waals surface area contributed by atoms with Crippen LogP contribution in [0.25, 0.3) is 10.9 Å². The van der Waals surface area contributed by atoms with Crippen LogP contribution >= 0.6 is 0 Å². The van der Waals surface area contributed by atoms with Crippen molar-refractivity contribution in [3.8, 4) is 0 Å². The predicted molar refractivity (Wildman–Crippen MR) is 180 cm³/mol. The number of aryl methyl sites for hydroxylation is 2. The third kappa shape index (κ3) is 6.51. The molecule has 2 amide bonds. The van der Waals surface area contributed by atoms with Crippen molar-refractivity contribution in [2.45, 2.75) is 109 Å². The minimum absolute atomic E-state index is 0.0252. The lowest BCUT2D eigenvalue weighted by Crippen LogP contribution is -2.45. The highest BCUT2D eigenvalue weighted by Crippen LogP contribution is 2.59. The van der Waals surface area contributed by atoms with E-state index in [2.05, 4.69) is 21.3 Å². The van der Waals surface area contributed by atoms with E-state index in [0.29, 0.717) is 48.9 Å². The largest absolute Gasteiger partial charge is 0.433 e. The van der Waals surface area contributed by atoms with Crippen molar-refractivity contribution in [2.24, 2.45) is 5.41 Å². The fourth-order valence-corrected chi connectivity index (χ4v) is 8.35. The first kappa shape index (κ1) is 34.2. The van der Waals surface area contributed by atoms with E-state index in [0.717, 1.165) is 74.4 Å². The zero-order valence-corrected chi connectivity index (χ0v) is 28.6. The second-order valence-electron chi connectivity index (χ2n) is 14.7. The van der Waals surface area contributed by atoms with E-state index in [1.165, 1.54) is 13.0 Å². The highest BCUT2D eigenvalue weighted by Gasteiger charge is 2.66. The molecule has 3 aliphatic heterocycles. The Morgan fingerprint density at radius 2 is 1.74 bits per heavy atom. The molecule has 2 aromatic heterocycles. The fraction of sp³-hybridized carbons (Fsp3) is 0.568. The summed E-state index contributed by atoms with van der Waals surface area (Å²) in [6.07, 6.45) is 2.59. The molecule has 3 aromatic rings. The summed E-state index contributed by atoms with van der Waals surface area (Å²) in [5.41, 5.74) is 1.98. The molecule has 2 bridgehead atoms. The second-order valence-corrected chi connectivity index (χ2v) is 14.7. The number of alkyl halides is 3. The number of anilines is 1. The first-order valence-corrected chi connectivity index (χ1v) is 17.8. The first-order valence-electron chi connectivity index (χ1n) is 17.8. The van der Waals surface area contributed by atoms with Crippen molar-refractivity contribution in [1.29, 1.82) is 0 Å². The standard InChI is InChI=1S/C37H43F3N6O4/c1-22-11-12-30(37(38,39)40)42-27(22)17-29(48)28-18-36-19-31(36)46(28)33(50)20-45-35-24(9-5-3-4-6-10-32(49)41-21-36)15-25(44-13-7-8-14-44)16-26(35)34(43-45)23(2)47/h11-12,15-16,28,31H,3-10,13-14,17-21H2,1-2H3,(H,41,49)/t28-,31+,36-/m0/s1. The molecule has 7 rings (SSSR count). The predicted octanol–water partition coefficient (Wildman–Crippen LogP) is 5.36. The third-order valence-corrected chi connectivity index (χ3v) is 11.1. The van der Waals surface area contributed by atoms with Gasteiger partial charge in [0, 0.05) is 55.5 Å². The van der Waals surface area contributed by atoms with Crippen molar-refractivity contribution >= 4 is 40.0 Å². The highest BCUT2D eigenvalue weighted by atomic mass is 19.4. The number of amides is 2. The maximum atomic E-state index is 14.4. The number of aromatic nitrogens is 3. The minimum Gasteiger partial charge on any atom is -0.372 e. The summed E-state index contributed by atoms with van der Waals surface area (Å²) in [4.78, 5) is 61.9. The molecule has 0 unspecified atom stereocenters. The molecular weight excluding hydrogens is 649 g/mol. The van der Waals surface area contributed by atoms with Crippen LogP contribution in [0.4, 0.5) is 18.9 Å². The van der Waals surface area contributed by atoms with E-state index in [1.807, 2.05) is 6.07 Å². The molecule has 13 heteroatoms. The molecule has 1 N–H and O–H groups in total. The number of pyridine rings is 1. The molecule has 5 heterocycles. The van der Waals surface area contributed by atoms with Gasteiger partial charge in [-0.25, -0.2) is 4.98 Å². The molecule has 0 radical (unpaired) electrons. The van der Waals surface area contributed by atoms with Crippen LogP contribution in [0.15, 0.2) is 24.3 Å². The topological polar surface area (TPSA) is 118 Å². The van der Waals surface area contributed by atoms with E-state index in [1.54, 1.807) is 16.5 Å². The summed E-state index contributed by atoms with van der Waals surface area (Å²) >= 11 is 0. The average molecular weight is 693 g/mol. The van der Waals surface area contributed by atoms with Crippen LogP contribution in [0.2, 0.25) is 0 Å². The van der Waals surface area contributed by atoms with Gasteiger partial charge in [-0.05, 0) is 81.2 Å². The second kappa shape index (κ2) is 13.1. The maximum absolute atomic E-state index is 14.4. The number of hydrogen-bond acceptors (Lipinski definition) is 7. The number of carbonyl (C=O) groups excluding carboxylic acids is 4. The number of ketones is 2. The van der Waals surface area contributed by atoms with E-state index in [4.69, 9.17) is 5.10 Å². The smallest absolute Gasteiger partial charge is 0.372 e. The number of Topliss-reactive ketones (excluding diaryl/α,β-unsaturated/α-hetero) is 2. The van der Waals surface area contributed by atoms with Gasteiger partial charge in [-0.1, -0.05) is 18.9 Å². The molecule has 3 atom stereocenters. The van der Waals surface area contributed by atoms with Gasteiger partial charge in [0.25, 0.3) is 0 Å². The summed E-state index contributed by atoms with van der Waals surface area (Å²) in [5.74, 6) is -1.02. The van der Waals surface area contributed by atoms with E-state index >= 15 is 0 Å². The Morgan fingerprint density at radius 1 is 1.00 bits per heavy atom. The average Bonchev–Trinajstić information content (AvgIpc) is 3.42. The summed E-state index contributed by atoms with van der Waals surface area (Å²) in [6, 6.07) is 5.15. The summed E-state index contributed by atoms with van der Waals surface area (Å²) < 4.78 is 42.1. The lowest BCUT2D eigenvalue weighted by molar-refractivity contribution is -0.141. The molecule has 1 aliphatic carbocycles. The van der Waals surface area contributed by atoms with Gasteiger partial charge in [-0.2, -0.15) is 18.3 Å². The number of halogens is 3. The summed E-state index contributed by atoms with van der Waals surface area (Å²) in [7, 11) is 0. The van der Waals surface area contributed by atoms with Gasteiger partial charge >= 0.3 is 6.18 Å². The number of hydrogen-bond donors (Lipinski definition) is 1. The molecule has 50 heavy (non-hydrogen) atoms. The SMILES string of the molecule is CC(=O)c1nn2c3c(cc(N4CCCC4)cc13)CCCCCCC(=O)NC[C@@]13C[C@@H](C(=O)Cc4nc(C(F)(F)F)ccc4C)N(C(=O)C2)[C@@H]1C3. The summed E-state index contributed by atoms with van der Waals surface area (Å²) in [5, 5.41) is 8.45. The first-order chi connectivity index (χ1) is 23.8. The van der Waals surface area contributed by atoms with Crippen LogP contribution in [-0.4, -0.2) is 74.8 Å². The van der Waals surface area contributed by atoms with E-state index in [9.17, 15) is 32.3 Å². The monoisotopic (exact) mass is 692 g/mol. The highest BCUT2D eigenvalue weighted by molar-refractivity contribution is 6.07. The zero-order valence-electron chi connectivity index (χ0n) is 28.6. The van der Waals surface area contributed by atoms with Gasteiger partial charge in [-0.3, -0.25) is 23.9 Å². The Hall–Kier alpha value is -4.29. The Kier molecular flexibility index (Phi) is 8.96. The minimum atomic E-state index is -4.66. The Labute approximate surface area is 288 Å². The molecule has 3 fully saturated rings. The molecular formula is C37H43F3N6O4. The van der Waals surface area contributed by atoms with Crippen molar-refractivity contribution in [2.75, 3.05) is 24.5 Å². The number of nitrogens with one attached hydrogen (secondary N) is 1. The quantitative estimate of drug-likeness (QED) is 0.358. The summed E-state index contributed by atoms with van der Waals surface area (Å²) in [6.45, 7) is 5.05. The normalized spacial score (nSPS) is 24.7. The molecule has 1 saturated carbocycles. The Morgan fingerprint density at radius 3 is 2.46 bits per heavy atom. The number of benzene rings is 1. The van der Waals surface area contributed by atoms with Crippen molar-refractivity contribution in [3.63, 3.8) is 0 Å². The van der Waals surface area contributed by atoms with Crippen molar-refractivity contribution < 1.29 is 32.3 Å². The number of carbonyl (C=O) groups is 4. The Balaban J connectivity index is 1.26. The molecule has 2 saturated heterocycles. The molecule has 4 aliphatic rings. The van der Waals surface area contributed by atoms with Gasteiger partial charge in [-0.15, -0.1) is 0 Å². The molecule has 266 valence electrons. The van der Waals surface area contributed by atoms with Gasteiger partial charge in [0.15, 0.2) is 11.6 Å². The molecule has 10 nitrogen and oxygen atoms in total. The Bertz CT molecular complexity index is 1870. The van der Waals surface area contributed by atoms with Gasteiger partial charge < -0.3 is 15.1 Å². The zero-order chi connectivity index (χ0) is 35.4. The number of piperidine rings is 1. The van der Waals surface area contributed by atoms with E-state index < -0.39 is 29.1 Å². The molecule has 0 spiro atoms. The number of nitrogens with zero attached hydrogens (tertiary/aromatic N) is 5. The van der Waals surface area contributed by atoms with Crippen molar-refractivity contribution in [3.05, 3.63) is 52.5 Å². The maximum Gasteiger partial charge on any atom is 0.433 e. The lowest BCUT2D eigenvalue weighted by atomic mass is 9.94. The number of rotatable bonds is 5. The van der Waals surface area contributed by atoms with Crippen LogP contribution in [-0.2, 0) is 39.9 Å². The third-order valence-electron chi connectivity index (χ3n) is 11.1. The van der Waals surface area contributed by atoms with Crippen LogP contribution < -0.4 is 10.2 Å². The fourth-order valence-electron chi connectivity index (χ4n) is 8.35. The van der Waals surface area contributed by atoms with E-state index in [-0.39, 0.29) is 42.3 Å². The van der Waals surface area contributed by atoms with Crippen LogP contribution in [0.3, 0.4) is 0 Å².